The summed E-state index contributed by atoms with van der Waals surface area (Å²) in [5.41, 5.74) is 1.28. The van der Waals surface area contributed by atoms with Crippen LogP contribution in [0.4, 0.5) is 0 Å². The Kier molecular flexibility index (Phi) is 5.81. The lowest BCUT2D eigenvalue weighted by Gasteiger charge is -1.94. The molecule has 0 heteroatoms. The second-order valence-electron chi connectivity index (χ2n) is 3.50. The van der Waals surface area contributed by atoms with E-state index in [1.165, 1.54) is 31.2 Å². The molecule has 0 atom stereocenters. The zero-order valence-corrected chi connectivity index (χ0v) is 8.95. The third kappa shape index (κ3) is 4.86. The van der Waals surface area contributed by atoms with Crippen molar-refractivity contribution in [3.63, 3.8) is 0 Å². The van der Waals surface area contributed by atoms with E-state index >= 15 is 0 Å². The van der Waals surface area contributed by atoms with Gasteiger partial charge in [0.05, 0.1) is 0 Å². The van der Waals surface area contributed by atoms with Crippen LogP contribution in [0.5, 0.6) is 0 Å². The Bertz CT molecular complexity index is 246. The van der Waals surface area contributed by atoms with E-state index in [2.05, 4.69) is 49.8 Å². The highest BCUT2D eigenvalue weighted by Gasteiger charge is 1.85. The average Bonchev–Trinajstić information content (AvgIpc) is 2.25. The molecule has 0 saturated carbocycles. The summed E-state index contributed by atoms with van der Waals surface area (Å²) in [5.74, 6) is 0. The van der Waals surface area contributed by atoms with E-state index in [1.54, 1.807) is 0 Å². The normalized spacial score (nSPS) is 10.9. The Labute approximate surface area is 87.7 Å². The molecule has 0 N–H and O–H groups in total. The van der Waals surface area contributed by atoms with E-state index in [4.69, 9.17) is 0 Å². The van der Waals surface area contributed by atoms with Crippen LogP contribution >= 0.6 is 0 Å². The third-order valence-corrected chi connectivity index (χ3v) is 2.20. The summed E-state index contributed by atoms with van der Waals surface area (Å²) in [7, 11) is 0. The number of unbranched alkanes of at least 4 members (excludes halogenated alkanes) is 4. The molecule has 0 unspecified atom stereocenters. The van der Waals surface area contributed by atoms with Crippen LogP contribution in [-0.4, -0.2) is 0 Å². The largest absolute Gasteiger partial charge is 0.0802 e. The summed E-state index contributed by atoms with van der Waals surface area (Å²) in [6, 6.07) is 10.4. The second kappa shape index (κ2) is 7.37. The van der Waals surface area contributed by atoms with Gasteiger partial charge in [0.1, 0.15) is 0 Å². The first kappa shape index (κ1) is 11.0. The van der Waals surface area contributed by atoms with Gasteiger partial charge in [-0.15, -0.1) is 0 Å². The molecule has 0 fully saturated rings. The number of benzene rings is 1. The van der Waals surface area contributed by atoms with Gasteiger partial charge in [-0.3, -0.25) is 0 Å². The molecule has 0 heterocycles. The summed E-state index contributed by atoms with van der Waals surface area (Å²) in [6.07, 6.45) is 11.7. The monoisotopic (exact) mass is 187 g/mol. The van der Waals surface area contributed by atoms with E-state index in [0.717, 1.165) is 0 Å². The third-order valence-electron chi connectivity index (χ3n) is 2.20. The first-order chi connectivity index (χ1) is 6.93. The first-order valence-electron chi connectivity index (χ1n) is 5.48. The molecule has 0 aromatic heterocycles. The molecule has 75 valence electrons. The molecule has 0 aliphatic rings. The fraction of sp³-hybridized carbons (Fsp3) is 0.357. The predicted octanol–water partition coefficient (Wildman–Crippen LogP) is 4.48. The van der Waals surface area contributed by atoms with Crippen molar-refractivity contribution in [1.82, 2.24) is 0 Å². The van der Waals surface area contributed by atoms with Crippen LogP contribution in [-0.2, 0) is 0 Å². The van der Waals surface area contributed by atoms with Gasteiger partial charge in [0, 0.05) is 0 Å². The molecular formula is C14H19. The van der Waals surface area contributed by atoms with E-state index in [0.29, 0.717) is 0 Å². The first-order valence-corrected chi connectivity index (χ1v) is 5.48. The van der Waals surface area contributed by atoms with Gasteiger partial charge in [0.2, 0.25) is 0 Å². The van der Waals surface area contributed by atoms with Gasteiger partial charge < -0.3 is 0 Å². The number of hydrogen-bond donors (Lipinski definition) is 0. The number of allylic oxidation sites excluding steroid dienone is 1. The van der Waals surface area contributed by atoms with Crippen molar-refractivity contribution < 1.29 is 0 Å². The van der Waals surface area contributed by atoms with E-state index < -0.39 is 0 Å². The maximum atomic E-state index is 2.25. The smallest absolute Gasteiger partial charge is 0.0167 e. The topological polar surface area (TPSA) is 0 Å². The van der Waals surface area contributed by atoms with Gasteiger partial charge >= 0.3 is 0 Å². The van der Waals surface area contributed by atoms with Crippen molar-refractivity contribution in [3.8, 4) is 0 Å². The molecule has 0 spiro atoms. The molecule has 1 radical (unpaired) electrons. The van der Waals surface area contributed by atoms with Gasteiger partial charge in [-0.25, -0.2) is 0 Å². The Balaban J connectivity index is 2.15. The molecule has 1 aromatic carbocycles. The maximum absolute atomic E-state index is 2.25. The van der Waals surface area contributed by atoms with Crippen molar-refractivity contribution >= 4 is 6.08 Å². The van der Waals surface area contributed by atoms with Gasteiger partial charge in [-0.05, 0) is 18.4 Å². The highest BCUT2D eigenvalue weighted by atomic mass is 13.9. The summed E-state index contributed by atoms with van der Waals surface area (Å²) in [5, 5.41) is 0. The minimum atomic E-state index is 1.21. The Morgan fingerprint density at radius 3 is 2.57 bits per heavy atom. The molecule has 1 aromatic rings. The fourth-order valence-corrected chi connectivity index (χ4v) is 1.35. The van der Waals surface area contributed by atoms with Crippen LogP contribution < -0.4 is 0 Å². The van der Waals surface area contributed by atoms with Crippen LogP contribution in [0.3, 0.4) is 0 Å². The second-order valence-corrected chi connectivity index (χ2v) is 3.50. The van der Waals surface area contributed by atoms with Gasteiger partial charge in [0.15, 0.2) is 0 Å². The maximum Gasteiger partial charge on any atom is -0.0167 e. The van der Waals surface area contributed by atoms with E-state index in [-0.39, 0.29) is 0 Å². The SMILES string of the molecule is CCCCC[CH]/C=C/c1ccccc1. The molecular weight excluding hydrogens is 168 g/mol. The lowest BCUT2D eigenvalue weighted by molar-refractivity contribution is 0.717. The minimum absolute atomic E-state index is 1.21. The van der Waals surface area contributed by atoms with Crippen LogP contribution in [0.2, 0.25) is 0 Å². The molecule has 0 aliphatic carbocycles. The summed E-state index contributed by atoms with van der Waals surface area (Å²) >= 11 is 0. The Morgan fingerprint density at radius 1 is 1.07 bits per heavy atom. The number of hydrogen-bond acceptors (Lipinski definition) is 0. The quantitative estimate of drug-likeness (QED) is 0.576. The molecule has 0 nitrogen and oxygen atoms in total. The molecule has 1 rings (SSSR count). The molecule has 0 saturated heterocycles. The highest BCUT2D eigenvalue weighted by Crippen LogP contribution is 2.05. The van der Waals surface area contributed by atoms with E-state index in [9.17, 15) is 0 Å². The summed E-state index contributed by atoms with van der Waals surface area (Å²) in [6.45, 7) is 2.24. The zero-order valence-electron chi connectivity index (χ0n) is 8.95. The summed E-state index contributed by atoms with van der Waals surface area (Å²) in [4.78, 5) is 0. The predicted molar refractivity (Wildman–Crippen MR) is 63.9 cm³/mol. The average molecular weight is 187 g/mol. The molecule has 0 bridgehead atoms. The minimum Gasteiger partial charge on any atom is -0.0802 e. The number of rotatable bonds is 6. The molecule has 14 heavy (non-hydrogen) atoms. The summed E-state index contributed by atoms with van der Waals surface area (Å²) < 4.78 is 0. The van der Waals surface area contributed by atoms with Gasteiger partial charge in [0.25, 0.3) is 0 Å². The van der Waals surface area contributed by atoms with Crippen LogP contribution in [0.1, 0.15) is 38.2 Å². The van der Waals surface area contributed by atoms with Crippen molar-refractivity contribution in [3.05, 3.63) is 48.4 Å². The van der Waals surface area contributed by atoms with Gasteiger partial charge in [-0.1, -0.05) is 68.7 Å². The Morgan fingerprint density at radius 2 is 1.86 bits per heavy atom. The lowest BCUT2D eigenvalue weighted by Crippen LogP contribution is -1.75. The lowest BCUT2D eigenvalue weighted by atomic mass is 10.1. The van der Waals surface area contributed by atoms with Crippen LogP contribution in [0.15, 0.2) is 36.4 Å². The van der Waals surface area contributed by atoms with Gasteiger partial charge in [-0.2, -0.15) is 0 Å². The van der Waals surface area contributed by atoms with Crippen molar-refractivity contribution in [2.45, 2.75) is 32.6 Å². The fourth-order valence-electron chi connectivity index (χ4n) is 1.35. The standard InChI is InChI=1S/C14H19/c1-2-3-4-5-6-8-11-14-12-9-7-10-13-14/h6-13H,2-5H2,1H3/b11-8+. The van der Waals surface area contributed by atoms with E-state index in [1.807, 2.05) is 6.07 Å². The van der Waals surface area contributed by atoms with Crippen LogP contribution in [0, 0.1) is 6.42 Å². The molecule has 0 aliphatic heterocycles. The molecule has 0 amide bonds. The van der Waals surface area contributed by atoms with Crippen LogP contribution in [0.25, 0.3) is 6.08 Å². The highest BCUT2D eigenvalue weighted by molar-refractivity contribution is 5.49. The Hall–Kier alpha value is -1.04. The zero-order chi connectivity index (χ0) is 10.1. The van der Waals surface area contributed by atoms with Crippen molar-refractivity contribution in [1.29, 1.82) is 0 Å². The van der Waals surface area contributed by atoms with Crippen molar-refractivity contribution in [2.75, 3.05) is 0 Å². The van der Waals surface area contributed by atoms with Crippen molar-refractivity contribution in [2.24, 2.45) is 0 Å².